The van der Waals surface area contributed by atoms with Crippen LogP contribution in [0.5, 0.6) is 5.75 Å². The summed E-state index contributed by atoms with van der Waals surface area (Å²) < 4.78 is 6.03. The topological polar surface area (TPSA) is 25.0 Å². The van der Waals surface area contributed by atoms with Crippen LogP contribution in [0.1, 0.15) is 28.8 Å². The van der Waals surface area contributed by atoms with E-state index in [1.165, 1.54) is 38.9 Å². The van der Waals surface area contributed by atoms with Gasteiger partial charge in [-0.15, -0.1) is 0 Å². The van der Waals surface area contributed by atoms with E-state index in [1.807, 2.05) is 6.07 Å². The van der Waals surface area contributed by atoms with Crippen molar-refractivity contribution in [3.63, 3.8) is 0 Å². The van der Waals surface area contributed by atoms with E-state index >= 15 is 0 Å². The molecular formula is C34H29NO. The summed E-state index contributed by atoms with van der Waals surface area (Å²) in [5, 5.41) is 1.23. The van der Waals surface area contributed by atoms with Crippen LogP contribution in [-0.4, -0.2) is 12.1 Å². The first kappa shape index (κ1) is 22.2. The van der Waals surface area contributed by atoms with Gasteiger partial charge in [0.15, 0.2) is 0 Å². The average Bonchev–Trinajstić information content (AvgIpc) is 3.60. The summed E-state index contributed by atoms with van der Waals surface area (Å²) in [5.74, 6) is 0.878. The lowest BCUT2D eigenvalue weighted by atomic mass is 9.64. The SMILES string of the molecule is COc1ccccc1[C@](C1=CC=CC1)(c1ccccc1)c1[nH]c2ccc(C)cc2c1-c1ccccc1. The number of H-pyrrole nitrogens is 1. The van der Waals surface area contributed by atoms with Crippen LogP contribution in [0.2, 0.25) is 0 Å². The van der Waals surface area contributed by atoms with Crippen LogP contribution >= 0.6 is 0 Å². The van der Waals surface area contributed by atoms with Crippen molar-refractivity contribution >= 4 is 10.9 Å². The van der Waals surface area contributed by atoms with Crippen LogP contribution in [0.15, 0.2) is 127 Å². The molecule has 6 rings (SSSR count). The van der Waals surface area contributed by atoms with Gasteiger partial charge in [-0.1, -0.05) is 109 Å². The molecule has 0 aliphatic heterocycles. The maximum atomic E-state index is 6.03. The molecule has 2 heteroatoms. The number of fused-ring (bicyclic) bond motifs is 1. The summed E-state index contributed by atoms with van der Waals surface area (Å²) in [6.07, 6.45) is 7.58. The normalized spacial score (nSPS) is 14.6. The van der Waals surface area contributed by atoms with Gasteiger partial charge in [-0.2, -0.15) is 0 Å². The Morgan fingerprint density at radius 2 is 1.53 bits per heavy atom. The third-order valence-corrected chi connectivity index (χ3v) is 7.36. The Morgan fingerprint density at radius 3 is 2.25 bits per heavy atom. The van der Waals surface area contributed by atoms with E-state index in [1.54, 1.807) is 7.11 Å². The van der Waals surface area contributed by atoms with Gasteiger partial charge < -0.3 is 9.72 Å². The molecular weight excluding hydrogens is 438 g/mol. The molecule has 0 bridgehead atoms. The molecule has 1 atom stereocenters. The Bertz CT molecular complexity index is 1590. The quantitative estimate of drug-likeness (QED) is 0.267. The molecule has 1 aromatic heterocycles. The lowest BCUT2D eigenvalue weighted by Gasteiger charge is -2.38. The van der Waals surface area contributed by atoms with Crippen molar-refractivity contribution in [2.75, 3.05) is 7.11 Å². The summed E-state index contributed by atoms with van der Waals surface area (Å²) in [4.78, 5) is 3.93. The molecule has 1 aliphatic carbocycles. The van der Waals surface area contributed by atoms with Crippen molar-refractivity contribution in [2.45, 2.75) is 18.8 Å². The molecule has 1 aliphatic rings. The van der Waals surface area contributed by atoms with Crippen molar-refractivity contribution in [2.24, 2.45) is 0 Å². The van der Waals surface area contributed by atoms with Crippen LogP contribution < -0.4 is 4.74 Å². The number of hydrogen-bond acceptors (Lipinski definition) is 1. The Labute approximate surface area is 212 Å². The number of aromatic nitrogens is 1. The molecule has 1 N–H and O–H groups in total. The number of hydrogen-bond donors (Lipinski definition) is 1. The minimum absolute atomic E-state index is 0.574. The predicted molar refractivity (Wildman–Crippen MR) is 150 cm³/mol. The van der Waals surface area contributed by atoms with Crippen molar-refractivity contribution in [1.29, 1.82) is 0 Å². The Kier molecular flexibility index (Phi) is 5.58. The van der Waals surface area contributed by atoms with E-state index in [4.69, 9.17) is 4.74 Å². The van der Waals surface area contributed by atoms with Gasteiger partial charge in [0, 0.05) is 27.7 Å². The molecule has 0 saturated heterocycles. The smallest absolute Gasteiger partial charge is 0.123 e. The second-order valence-corrected chi connectivity index (χ2v) is 9.43. The van der Waals surface area contributed by atoms with E-state index in [9.17, 15) is 0 Å². The molecule has 0 fully saturated rings. The molecule has 36 heavy (non-hydrogen) atoms. The summed E-state index contributed by atoms with van der Waals surface area (Å²) in [7, 11) is 1.77. The Morgan fingerprint density at radius 1 is 0.806 bits per heavy atom. The molecule has 5 aromatic rings. The Hall–Kier alpha value is -4.30. The number of aromatic amines is 1. The lowest BCUT2D eigenvalue weighted by molar-refractivity contribution is 0.404. The number of aryl methyl sites for hydroxylation is 1. The summed E-state index contributed by atoms with van der Waals surface area (Å²) in [5.41, 5.74) is 9.07. The number of benzene rings is 4. The minimum atomic E-state index is -0.574. The number of para-hydroxylation sites is 1. The maximum Gasteiger partial charge on any atom is 0.123 e. The standard InChI is InChI=1S/C34H29NO/c1-24-21-22-30-28(23-24)32(25-13-5-3-6-14-25)33(35-30)34(27-17-9-10-18-27,26-15-7-4-8-16-26)29-19-11-12-20-31(29)36-2/h3-17,19-23,35H,18H2,1-2H3/t34-/m1/s1. The van der Waals surface area contributed by atoms with E-state index in [2.05, 4.69) is 127 Å². The number of allylic oxidation sites excluding steroid dienone is 4. The van der Waals surface area contributed by atoms with Crippen LogP contribution in [0, 0.1) is 6.92 Å². The van der Waals surface area contributed by atoms with Crippen molar-refractivity contribution in [1.82, 2.24) is 4.98 Å². The van der Waals surface area contributed by atoms with Gasteiger partial charge in [-0.3, -0.25) is 0 Å². The van der Waals surface area contributed by atoms with E-state index in [0.29, 0.717) is 0 Å². The van der Waals surface area contributed by atoms with E-state index < -0.39 is 5.41 Å². The third-order valence-electron chi connectivity index (χ3n) is 7.36. The zero-order chi connectivity index (χ0) is 24.5. The molecule has 2 nitrogen and oxygen atoms in total. The third kappa shape index (κ3) is 3.41. The second-order valence-electron chi connectivity index (χ2n) is 9.43. The van der Waals surface area contributed by atoms with Gasteiger partial charge in [0.05, 0.1) is 12.5 Å². The summed E-state index contributed by atoms with van der Waals surface area (Å²) in [6.45, 7) is 2.16. The predicted octanol–water partition coefficient (Wildman–Crippen LogP) is 8.37. The van der Waals surface area contributed by atoms with Crippen molar-refractivity contribution in [3.05, 3.63) is 149 Å². The zero-order valence-corrected chi connectivity index (χ0v) is 20.7. The van der Waals surface area contributed by atoms with Gasteiger partial charge in [0.1, 0.15) is 5.75 Å². The monoisotopic (exact) mass is 467 g/mol. The largest absolute Gasteiger partial charge is 0.496 e. The molecule has 0 amide bonds. The van der Waals surface area contributed by atoms with Gasteiger partial charge in [-0.25, -0.2) is 0 Å². The number of ether oxygens (including phenoxy) is 1. The zero-order valence-electron chi connectivity index (χ0n) is 20.7. The highest BCUT2D eigenvalue weighted by Gasteiger charge is 2.45. The van der Waals surface area contributed by atoms with E-state index in [-0.39, 0.29) is 0 Å². The van der Waals surface area contributed by atoms with Crippen molar-refractivity contribution < 1.29 is 4.74 Å². The van der Waals surface area contributed by atoms with Crippen LogP contribution in [0.25, 0.3) is 22.0 Å². The molecule has 0 radical (unpaired) electrons. The molecule has 0 unspecified atom stereocenters. The molecule has 1 heterocycles. The maximum absolute atomic E-state index is 6.03. The minimum Gasteiger partial charge on any atom is -0.496 e. The van der Waals surface area contributed by atoms with Gasteiger partial charge >= 0.3 is 0 Å². The van der Waals surface area contributed by atoms with Gasteiger partial charge in [0.2, 0.25) is 0 Å². The second kappa shape index (κ2) is 9.05. The first-order valence-corrected chi connectivity index (χ1v) is 12.5. The first-order chi connectivity index (χ1) is 17.7. The lowest BCUT2D eigenvalue weighted by Crippen LogP contribution is -2.33. The molecule has 0 saturated carbocycles. The van der Waals surface area contributed by atoms with Gasteiger partial charge in [-0.05, 0) is 48.2 Å². The summed E-state index contributed by atoms with van der Waals surface area (Å²) in [6, 6.07) is 36.8. The van der Waals surface area contributed by atoms with Crippen LogP contribution in [-0.2, 0) is 5.41 Å². The number of methoxy groups -OCH3 is 1. The fourth-order valence-corrected chi connectivity index (χ4v) is 5.81. The molecule has 0 spiro atoms. The highest BCUT2D eigenvalue weighted by atomic mass is 16.5. The number of rotatable bonds is 6. The fraction of sp³-hybridized carbons (Fsp3) is 0.118. The fourth-order valence-electron chi connectivity index (χ4n) is 5.81. The van der Waals surface area contributed by atoms with E-state index in [0.717, 1.165) is 23.3 Å². The first-order valence-electron chi connectivity index (χ1n) is 12.5. The molecule has 4 aromatic carbocycles. The van der Waals surface area contributed by atoms with Gasteiger partial charge in [0.25, 0.3) is 0 Å². The molecule has 176 valence electrons. The summed E-state index contributed by atoms with van der Waals surface area (Å²) >= 11 is 0. The van der Waals surface area contributed by atoms with Crippen molar-refractivity contribution in [3.8, 4) is 16.9 Å². The van der Waals surface area contributed by atoms with Crippen LogP contribution in [0.3, 0.4) is 0 Å². The Balaban J connectivity index is 1.83. The highest BCUT2D eigenvalue weighted by molar-refractivity contribution is 5.99. The number of nitrogens with one attached hydrogen (secondary N) is 1. The van der Waals surface area contributed by atoms with Crippen LogP contribution in [0.4, 0.5) is 0 Å². The highest BCUT2D eigenvalue weighted by Crippen LogP contribution is 2.53. The average molecular weight is 468 g/mol.